The van der Waals surface area contributed by atoms with E-state index in [1.165, 1.54) is 30.5 Å². The van der Waals surface area contributed by atoms with Crippen LogP contribution in [0.15, 0.2) is 24.3 Å². The monoisotopic (exact) mass is 232 g/mol. The van der Waals surface area contributed by atoms with Gasteiger partial charge in [0.25, 0.3) is 0 Å². The second-order valence-electron chi connectivity index (χ2n) is 5.11. The lowest BCUT2D eigenvalue weighted by Gasteiger charge is -2.22. The molecule has 2 nitrogen and oxygen atoms in total. The Balaban J connectivity index is 1.90. The zero-order valence-corrected chi connectivity index (χ0v) is 11.1. The second-order valence-corrected chi connectivity index (χ2v) is 5.11. The first-order chi connectivity index (χ1) is 8.29. The molecule has 0 radical (unpaired) electrons. The lowest BCUT2D eigenvalue weighted by Crippen LogP contribution is -2.35. The smallest absolute Gasteiger partial charge is 0.0234 e. The van der Waals surface area contributed by atoms with Crippen LogP contribution in [0.5, 0.6) is 0 Å². The number of hydrogen-bond donors (Lipinski definition) is 1. The van der Waals surface area contributed by atoms with Crippen molar-refractivity contribution in [2.75, 3.05) is 20.1 Å². The molecule has 1 saturated heterocycles. The second kappa shape index (κ2) is 6.18. The molecule has 0 aromatic heterocycles. The van der Waals surface area contributed by atoms with Crippen LogP contribution in [0, 0.1) is 0 Å². The molecule has 1 N–H and O–H groups in total. The van der Waals surface area contributed by atoms with Gasteiger partial charge >= 0.3 is 0 Å². The van der Waals surface area contributed by atoms with E-state index >= 15 is 0 Å². The maximum atomic E-state index is 3.56. The van der Waals surface area contributed by atoms with Crippen molar-refractivity contribution in [3.05, 3.63) is 35.4 Å². The van der Waals surface area contributed by atoms with Gasteiger partial charge in [-0.1, -0.05) is 31.2 Å². The molecule has 0 bridgehead atoms. The highest BCUT2D eigenvalue weighted by atomic mass is 15.1. The van der Waals surface area contributed by atoms with Gasteiger partial charge in [0.05, 0.1) is 0 Å². The van der Waals surface area contributed by atoms with Crippen molar-refractivity contribution >= 4 is 0 Å². The predicted octanol–water partition coefficient (Wildman–Crippen LogP) is 2.43. The summed E-state index contributed by atoms with van der Waals surface area (Å²) >= 11 is 0. The summed E-state index contributed by atoms with van der Waals surface area (Å²) in [6.45, 7) is 5.67. The van der Waals surface area contributed by atoms with Crippen molar-refractivity contribution in [1.82, 2.24) is 10.2 Å². The minimum atomic E-state index is 0.703. The van der Waals surface area contributed by atoms with Gasteiger partial charge < -0.3 is 10.2 Å². The lowest BCUT2D eigenvalue weighted by atomic mass is 10.0. The Labute approximate surface area is 105 Å². The van der Waals surface area contributed by atoms with E-state index < -0.39 is 0 Å². The van der Waals surface area contributed by atoms with Crippen molar-refractivity contribution < 1.29 is 0 Å². The van der Waals surface area contributed by atoms with E-state index in [1.807, 2.05) is 0 Å². The van der Waals surface area contributed by atoms with E-state index in [9.17, 15) is 0 Å². The largest absolute Gasteiger partial charge is 0.313 e. The molecule has 1 unspecified atom stereocenters. The van der Waals surface area contributed by atoms with E-state index in [0.717, 1.165) is 19.5 Å². The van der Waals surface area contributed by atoms with Gasteiger partial charge in [-0.25, -0.2) is 0 Å². The van der Waals surface area contributed by atoms with Crippen LogP contribution < -0.4 is 5.32 Å². The topological polar surface area (TPSA) is 15.3 Å². The van der Waals surface area contributed by atoms with Crippen LogP contribution >= 0.6 is 0 Å². The third kappa shape index (κ3) is 3.55. The molecule has 0 spiro atoms. The van der Waals surface area contributed by atoms with E-state index in [0.29, 0.717) is 6.04 Å². The summed E-state index contributed by atoms with van der Waals surface area (Å²) in [5, 5.41) is 3.56. The van der Waals surface area contributed by atoms with E-state index in [-0.39, 0.29) is 0 Å². The summed E-state index contributed by atoms with van der Waals surface area (Å²) in [6.07, 6.45) is 3.80. The van der Waals surface area contributed by atoms with Gasteiger partial charge in [-0.05, 0) is 44.0 Å². The van der Waals surface area contributed by atoms with Crippen LogP contribution in [0.1, 0.15) is 30.9 Å². The molecule has 0 amide bonds. The third-order valence-electron chi connectivity index (χ3n) is 3.63. The van der Waals surface area contributed by atoms with Crippen molar-refractivity contribution in [2.24, 2.45) is 0 Å². The molecule has 1 aliphatic rings. The van der Waals surface area contributed by atoms with Crippen LogP contribution in [0.2, 0.25) is 0 Å². The number of aryl methyl sites for hydroxylation is 1. The normalized spacial score (nSPS) is 20.1. The number of likely N-dealkylation sites (N-methyl/N-ethyl adjacent to an activating group) is 1. The van der Waals surface area contributed by atoms with Crippen LogP contribution in [-0.4, -0.2) is 31.1 Å². The van der Waals surface area contributed by atoms with E-state index in [2.05, 4.69) is 48.5 Å². The van der Waals surface area contributed by atoms with Gasteiger partial charge in [0, 0.05) is 19.1 Å². The highest BCUT2D eigenvalue weighted by molar-refractivity contribution is 5.26. The van der Waals surface area contributed by atoms with Crippen molar-refractivity contribution in [3.8, 4) is 0 Å². The first-order valence-corrected chi connectivity index (χ1v) is 6.78. The highest BCUT2D eigenvalue weighted by Gasteiger charge is 2.16. The molecule has 2 heteroatoms. The van der Waals surface area contributed by atoms with Crippen LogP contribution in [0.4, 0.5) is 0 Å². The lowest BCUT2D eigenvalue weighted by molar-refractivity contribution is 0.292. The number of nitrogens with one attached hydrogen (secondary N) is 1. The van der Waals surface area contributed by atoms with Gasteiger partial charge in [0.1, 0.15) is 0 Å². The SMILES string of the molecule is CCc1ccccc1CN(C)CC1CCCN1. The molecule has 2 rings (SSSR count). The first kappa shape index (κ1) is 12.6. The molecule has 1 aromatic rings. The minimum Gasteiger partial charge on any atom is -0.313 e. The van der Waals surface area contributed by atoms with Crippen LogP contribution in [0.3, 0.4) is 0 Å². The third-order valence-corrected chi connectivity index (χ3v) is 3.63. The predicted molar refractivity (Wildman–Crippen MR) is 73.2 cm³/mol. The van der Waals surface area contributed by atoms with Gasteiger partial charge in [-0.15, -0.1) is 0 Å². The van der Waals surface area contributed by atoms with E-state index in [4.69, 9.17) is 0 Å². The molecule has 1 fully saturated rings. The Morgan fingerprint density at radius 3 is 2.71 bits per heavy atom. The molecular weight excluding hydrogens is 208 g/mol. The number of nitrogens with zero attached hydrogens (tertiary/aromatic N) is 1. The Morgan fingerprint density at radius 2 is 2.06 bits per heavy atom. The summed E-state index contributed by atoms with van der Waals surface area (Å²) in [5.74, 6) is 0. The average molecular weight is 232 g/mol. The standard InChI is InChI=1S/C15H24N2/c1-3-13-7-4-5-8-14(13)11-17(2)12-15-9-6-10-16-15/h4-5,7-8,15-16H,3,6,9-12H2,1-2H3. The molecular formula is C15H24N2. The van der Waals surface area contributed by atoms with Crippen molar-refractivity contribution in [1.29, 1.82) is 0 Å². The fraction of sp³-hybridized carbons (Fsp3) is 0.600. The van der Waals surface area contributed by atoms with Gasteiger partial charge in [-0.3, -0.25) is 0 Å². The Kier molecular flexibility index (Phi) is 4.57. The summed E-state index contributed by atoms with van der Waals surface area (Å²) < 4.78 is 0. The Hall–Kier alpha value is -0.860. The maximum absolute atomic E-state index is 3.56. The molecule has 94 valence electrons. The summed E-state index contributed by atoms with van der Waals surface area (Å²) in [7, 11) is 2.23. The minimum absolute atomic E-state index is 0.703. The van der Waals surface area contributed by atoms with Gasteiger partial charge in [0.15, 0.2) is 0 Å². The Morgan fingerprint density at radius 1 is 1.29 bits per heavy atom. The quantitative estimate of drug-likeness (QED) is 0.839. The average Bonchev–Trinajstić information content (AvgIpc) is 2.82. The fourth-order valence-electron chi connectivity index (χ4n) is 2.70. The van der Waals surface area contributed by atoms with E-state index in [1.54, 1.807) is 0 Å². The first-order valence-electron chi connectivity index (χ1n) is 6.78. The van der Waals surface area contributed by atoms with Crippen LogP contribution in [0.25, 0.3) is 0 Å². The maximum Gasteiger partial charge on any atom is 0.0234 e. The van der Waals surface area contributed by atoms with Crippen LogP contribution in [-0.2, 0) is 13.0 Å². The number of benzene rings is 1. The summed E-state index contributed by atoms with van der Waals surface area (Å²) in [4.78, 5) is 2.44. The zero-order chi connectivity index (χ0) is 12.1. The van der Waals surface area contributed by atoms with Gasteiger partial charge in [0.2, 0.25) is 0 Å². The highest BCUT2D eigenvalue weighted by Crippen LogP contribution is 2.13. The molecule has 0 saturated carbocycles. The zero-order valence-electron chi connectivity index (χ0n) is 11.1. The molecule has 0 aliphatic carbocycles. The molecule has 1 aliphatic heterocycles. The summed E-state index contributed by atoms with van der Waals surface area (Å²) in [5.41, 5.74) is 2.97. The van der Waals surface area contributed by atoms with Crippen molar-refractivity contribution in [2.45, 2.75) is 38.8 Å². The number of hydrogen-bond acceptors (Lipinski definition) is 2. The van der Waals surface area contributed by atoms with Crippen molar-refractivity contribution in [3.63, 3.8) is 0 Å². The van der Waals surface area contributed by atoms with Gasteiger partial charge in [-0.2, -0.15) is 0 Å². The molecule has 1 heterocycles. The number of rotatable bonds is 5. The summed E-state index contributed by atoms with van der Waals surface area (Å²) in [6, 6.07) is 9.50. The Bertz CT molecular complexity index is 343. The fourth-order valence-corrected chi connectivity index (χ4v) is 2.70. The molecule has 1 atom stereocenters. The molecule has 17 heavy (non-hydrogen) atoms. The molecule has 1 aromatic carbocycles.